The summed E-state index contributed by atoms with van der Waals surface area (Å²) >= 11 is 0. The second-order valence-electron chi connectivity index (χ2n) is 6.90. The second-order valence-corrected chi connectivity index (χ2v) is 6.90. The van der Waals surface area contributed by atoms with Crippen LogP contribution in [0.25, 0.3) is 33.4 Å². The Labute approximate surface area is 210 Å². The number of aryl methyl sites for hydroxylation is 2. The van der Waals surface area contributed by atoms with Gasteiger partial charge in [-0.15, -0.1) is 0 Å². The molecule has 0 heterocycles. The Hall–Kier alpha value is -3.12. The first-order chi connectivity index (χ1) is 16.7. The Morgan fingerprint density at radius 3 is 0.853 bits per heavy atom. The van der Waals surface area contributed by atoms with Gasteiger partial charge >= 0.3 is 0 Å². The van der Waals surface area contributed by atoms with Gasteiger partial charge in [-0.05, 0) is 65.4 Å². The summed E-state index contributed by atoms with van der Waals surface area (Å²) in [5, 5.41) is 0. The van der Waals surface area contributed by atoms with Crippen molar-refractivity contribution in [3.05, 3.63) is 108 Å². The van der Waals surface area contributed by atoms with E-state index in [9.17, 15) is 0 Å². The summed E-state index contributed by atoms with van der Waals surface area (Å²) in [6.45, 7) is 20.3. The third-order valence-corrected chi connectivity index (χ3v) is 4.81. The summed E-state index contributed by atoms with van der Waals surface area (Å²) in [5.41, 5.74) is 10.1. The molecule has 0 spiro atoms. The molecule has 0 amide bonds. The van der Waals surface area contributed by atoms with Crippen LogP contribution in [-0.2, 0) is 0 Å². The molecule has 0 bridgehead atoms. The Morgan fingerprint density at radius 2 is 0.559 bits per heavy atom. The summed E-state index contributed by atoms with van der Waals surface area (Å²) in [6, 6.07) is 35.0. The van der Waals surface area contributed by atoms with Crippen molar-refractivity contribution in [1.82, 2.24) is 0 Å². The maximum absolute atomic E-state index is 2.29. The van der Waals surface area contributed by atoms with Crippen molar-refractivity contribution in [2.75, 3.05) is 0 Å². The van der Waals surface area contributed by atoms with Gasteiger partial charge in [0, 0.05) is 0 Å². The normalized spacial score (nSPS) is 8.88. The van der Waals surface area contributed by atoms with Crippen LogP contribution in [0.1, 0.15) is 66.5 Å². The van der Waals surface area contributed by atoms with E-state index in [0.717, 1.165) is 0 Å². The minimum Gasteiger partial charge on any atom is -0.0683 e. The highest BCUT2D eigenvalue weighted by molar-refractivity contribution is 5.81. The lowest BCUT2D eigenvalue weighted by atomic mass is 9.93. The van der Waals surface area contributed by atoms with Gasteiger partial charge in [0.1, 0.15) is 0 Å². The predicted molar refractivity (Wildman–Crippen MR) is 158 cm³/mol. The van der Waals surface area contributed by atoms with Gasteiger partial charge < -0.3 is 0 Å². The zero-order chi connectivity index (χ0) is 25.9. The maximum atomic E-state index is 2.29. The maximum Gasteiger partial charge on any atom is -0.0172 e. The molecule has 0 saturated carbocycles. The van der Waals surface area contributed by atoms with Crippen LogP contribution in [0.15, 0.2) is 97.1 Å². The van der Waals surface area contributed by atoms with E-state index in [1.54, 1.807) is 0 Å². The van der Waals surface area contributed by atoms with E-state index in [2.05, 4.69) is 111 Å². The molecule has 0 unspecified atom stereocenters. The minimum absolute atomic E-state index is 1.25. The van der Waals surface area contributed by atoms with Crippen LogP contribution in [0.4, 0.5) is 0 Å². The Kier molecular flexibility index (Phi) is 16.6. The highest BCUT2D eigenvalue weighted by Crippen LogP contribution is 2.33. The average Bonchev–Trinajstić information content (AvgIpc) is 2.94. The summed E-state index contributed by atoms with van der Waals surface area (Å²) in [4.78, 5) is 0. The molecule has 0 fully saturated rings. The van der Waals surface area contributed by atoms with Crippen molar-refractivity contribution in [2.24, 2.45) is 0 Å². The van der Waals surface area contributed by atoms with Crippen molar-refractivity contribution in [3.8, 4) is 33.4 Å². The van der Waals surface area contributed by atoms with Gasteiger partial charge in [0.25, 0.3) is 0 Å². The first kappa shape index (κ1) is 30.9. The van der Waals surface area contributed by atoms with Crippen molar-refractivity contribution < 1.29 is 0 Å². The fourth-order valence-corrected chi connectivity index (χ4v) is 3.25. The molecule has 0 atom stereocenters. The van der Waals surface area contributed by atoms with Crippen molar-refractivity contribution >= 4 is 0 Å². The van der Waals surface area contributed by atoms with Crippen LogP contribution < -0.4 is 0 Å². The molecule has 4 rings (SSSR count). The third-order valence-electron chi connectivity index (χ3n) is 4.81. The van der Waals surface area contributed by atoms with E-state index >= 15 is 0 Å². The van der Waals surface area contributed by atoms with E-state index in [1.165, 1.54) is 44.5 Å². The molecule has 4 aromatic rings. The van der Waals surface area contributed by atoms with Crippen molar-refractivity contribution in [3.63, 3.8) is 0 Å². The van der Waals surface area contributed by atoms with Crippen LogP contribution in [0.3, 0.4) is 0 Å². The third kappa shape index (κ3) is 9.40. The predicted octanol–water partition coefficient (Wildman–Crippen LogP) is 11.4. The quantitative estimate of drug-likeness (QED) is 0.289. The molecule has 0 aliphatic carbocycles. The zero-order valence-corrected chi connectivity index (χ0v) is 23.2. The lowest BCUT2D eigenvalue weighted by Crippen LogP contribution is -1.86. The summed E-state index contributed by atoms with van der Waals surface area (Å²) < 4.78 is 0. The summed E-state index contributed by atoms with van der Waals surface area (Å²) in [6.07, 6.45) is 0. The fraction of sp³-hybridized carbons (Fsp3) is 0.294. The molecule has 0 nitrogen and oxygen atoms in total. The molecule has 0 aliphatic rings. The monoisotopic (exact) mass is 454 g/mol. The van der Waals surface area contributed by atoms with Gasteiger partial charge in [-0.1, -0.05) is 145 Å². The lowest BCUT2D eigenvalue weighted by molar-refractivity contribution is 1.46. The summed E-state index contributed by atoms with van der Waals surface area (Å²) in [5.74, 6) is 0. The van der Waals surface area contributed by atoms with Crippen LogP contribution in [0.2, 0.25) is 0 Å². The molecule has 0 saturated heterocycles. The SMILES string of the molecule is CC.CC.CC.CC.Cc1ccc(-c2cc(-c3ccccc3)cc(-c3ccc(C)cc3)c2)cc1. The summed E-state index contributed by atoms with van der Waals surface area (Å²) in [7, 11) is 0. The number of rotatable bonds is 3. The Bertz CT molecular complexity index is 944. The van der Waals surface area contributed by atoms with E-state index in [0.29, 0.717) is 0 Å². The molecular weight excluding hydrogens is 408 g/mol. The standard InChI is InChI=1S/C26H22.4C2H6/c1-19-8-12-22(13-9-19)25-16-24(21-6-4-3-5-7-21)17-26(18-25)23-14-10-20(2)11-15-23;4*1-2/h3-18H,1-2H3;4*1-2H3. The van der Waals surface area contributed by atoms with Crippen molar-refractivity contribution in [1.29, 1.82) is 0 Å². The Morgan fingerprint density at radius 1 is 0.294 bits per heavy atom. The van der Waals surface area contributed by atoms with Crippen LogP contribution in [0, 0.1) is 13.8 Å². The zero-order valence-electron chi connectivity index (χ0n) is 23.2. The van der Waals surface area contributed by atoms with Gasteiger partial charge in [-0.2, -0.15) is 0 Å². The number of hydrogen-bond donors (Lipinski definition) is 0. The lowest BCUT2D eigenvalue weighted by Gasteiger charge is -2.12. The number of hydrogen-bond acceptors (Lipinski definition) is 0. The van der Waals surface area contributed by atoms with Gasteiger partial charge in [0.15, 0.2) is 0 Å². The van der Waals surface area contributed by atoms with Gasteiger partial charge in [0.05, 0.1) is 0 Å². The molecule has 0 heteroatoms. The second kappa shape index (κ2) is 18.3. The highest BCUT2D eigenvalue weighted by atomic mass is 14.1. The van der Waals surface area contributed by atoms with Gasteiger partial charge in [-0.25, -0.2) is 0 Å². The molecule has 182 valence electrons. The van der Waals surface area contributed by atoms with Crippen LogP contribution >= 0.6 is 0 Å². The first-order valence-electron chi connectivity index (χ1n) is 13.0. The smallest absolute Gasteiger partial charge is 0.0172 e. The van der Waals surface area contributed by atoms with Gasteiger partial charge in [0.2, 0.25) is 0 Å². The molecule has 0 aliphatic heterocycles. The average molecular weight is 455 g/mol. The first-order valence-corrected chi connectivity index (χ1v) is 13.0. The number of benzene rings is 4. The van der Waals surface area contributed by atoms with E-state index in [4.69, 9.17) is 0 Å². The minimum atomic E-state index is 1.25. The van der Waals surface area contributed by atoms with Crippen LogP contribution in [0.5, 0.6) is 0 Å². The largest absolute Gasteiger partial charge is 0.0683 e. The fourth-order valence-electron chi connectivity index (χ4n) is 3.25. The topological polar surface area (TPSA) is 0 Å². The van der Waals surface area contributed by atoms with E-state index in [-0.39, 0.29) is 0 Å². The Balaban J connectivity index is 0.00000124. The molecule has 4 aromatic carbocycles. The van der Waals surface area contributed by atoms with E-state index < -0.39 is 0 Å². The van der Waals surface area contributed by atoms with Gasteiger partial charge in [-0.3, -0.25) is 0 Å². The molecular formula is C34H46. The molecule has 34 heavy (non-hydrogen) atoms. The molecule has 0 aromatic heterocycles. The van der Waals surface area contributed by atoms with E-state index in [1.807, 2.05) is 55.4 Å². The van der Waals surface area contributed by atoms with Crippen molar-refractivity contribution in [2.45, 2.75) is 69.2 Å². The highest BCUT2D eigenvalue weighted by Gasteiger charge is 2.07. The van der Waals surface area contributed by atoms with Crippen LogP contribution in [-0.4, -0.2) is 0 Å². The molecule has 0 radical (unpaired) electrons. The molecule has 0 N–H and O–H groups in total.